The Balaban J connectivity index is 1.35. The smallest absolute Gasteiger partial charge is 0.257 e. The van der Waals surface area contributed by atoms with Crippen LogP contribution in [0.3, 0.4) is 0 Å². The van der Waals surface area contributed by atoms with Crippen LogP contribution in [0.1, 0.15) is 45.9 Å². The van der Waals surface area contributed by atoms with Crippen LogP contribution in [0.2, 0.25) is 0 Å². The molecule has 4 aromatic rings. The molecular formula is C26H26N6O4S. The van der Waals surface area contributed by atoms with E-state index in [9.17, 15) is 9.90 Å². The molecule has 1 aliphatic rings. The number of aryl methyl sites for hydroxylation is 1. The number of hydrogen-bond acceptors (Lipinski definition) is 9. The van der Waals surface area contributed by atoms with Crippen molar-refractivity contribution in [3.8, 4) is 0 Å². The Labute approximate surface area is 218 Å². The molecule has 3 atom stereocenters. The number of aliphatic hydroxyl groups excluding tert-OH is 1. The molecule has 0 saturated carbocycles. The van der Waals surface area contributed by atoms with E-state index in [0.29, 0.717) is 28.6 Å². The van der Waals surface area contributed by atoms with Gasteiger partial charge in [-0.25, -0.2) is 4.68 Å². The number of amides is 1. The Hall–Kier alpha value is -3.64. The molecule has 0 radical (unpaired) electrons. The SMILES string of the molecule is Cn1nnnc1SCC1CC(c2ccc(CO)cc2)OC(c2cccc(NC(=O)c3cccnc3)c2)O1. The van der Waals surface area contributed by atoms with Crippen LogP contribution in [0.4, 0.5) is 5.69 Å². The van der Waals surface area contributed by atoms with Crippen LogP contribution < -0.4 is 5.32 Å². The summed E-state index contributed by atoms with van der Waals surface area (Å²) in [6.07, 6.45) is 2.78. The molecule has 5 rings (SSSR count). The summed E-state index contributed by atoms with van der Waals surface area (Å²) in [4.78, 5) is 16.6. The standard InChI is InChI=1S/C26H26N6O4S/c1-32-26(29-30-31-32)37-16-22-13-23(18-9-7-17(15-33)8-10-18)36-25(35-22)19-4-2-6-21(12-19)28-24(34)20-5-3-11-27-14-20/h2-12,14,22-23,25,33H,13,15-16H2,1H3,(H,28,34). The Morgan fingerprint density at radius 3 is 2.73 bits per heavy atom. The maximum atomic E-state index is 12.6. The molecule has 1 saturated heterocycles. The minimum Gasteiger partial charge on any atom is -0.392 e. The summed E-state index contributed by atoms with van der Waals surface area (Å²) < 4.78 is 14.4. The van der Waals surface area contributed by atoms with Crippen molar-refractivity contribution in [3.05, 3.63) is 95.3 Å². The zero-order chi connectivity index (χ0) is 25.6. The second-order valence-corrected chi connectivity index (χ2v) is 9.55. The zero-order valence-electron chi connectivity index (χ0n) is 20.1. The van der Waals surface area contributed by atoms with Crippen LogP contribution in [-0.2, 0) is 23.1 Å². The van der Waals surface area contributed by atoms with E-state index in [1.807, 2.05) is 48.5 Å². The number of aromatic nitrogens is 5. The topological polar surface area (TPSA) is 124 Å². The number of pyridine rings is 1. The number of tetrazole rings is 1. The molecule has 0 spiro atoms. The van der Waals surface area contributed by atoms with E-state index in [2.05, 4.69) is 25.8 Å². The van der Waals surface area contributed by atoms with E-state index < -0.39 is 6.29 Å². The molecule has 0 bridgehead atoms. The van der Waals surface area contributed by atoms with Gasteiger partial charge in [0.2, 0.25) is 5.16 Å². The molecular weight excluding hydrogens is 492 g/mol. The number of anilines is 1. The van der Waals surface area contributed by atoms with Crippen molar-refractivity contribution in [1.29, 1.82) is 0 Å². The van der Waals surface area contributed by atoms with Crippen LogP contribution in [0.25, 0.3) is 0 Å². The lowest BCUT2D eigenvalue weighted by molar-refractivity contribution is -0.245. The first-order valence-electron chi connectivity index (χ1n) is 11.8. The van der Waals surface area contributed by atoms with Gasteiger partial charge in [-0.05, 0) is 45.8 Å². The number of benzene rings is 2. The molecule has 1 fully saturated rings. The van der Waals surface area contributed by atoms with Gasteiger partial charge >= 0.3 is 0 Å². The number of hydrogen-bond donors (Lipinski definition) is 2. The Morgan fingerprint density at radius 1 is 1.14 bits per heavy atom. The van der Waals surface area contributed by atoms with Crippen molar-refractivity contribution in [3.63, 3.8) is 0 Å². The van der Waals surface area contributed by atoms with Gasteiger partial charge in [-0.3, -0.25) is 9.78 Å². The monoisotopic (exact) mass is 518 g/mol. The van der Waals surface area contributed by atoms with Gasteiger partial charge in [-0.15, -0.1) is 5.10 Å². The van der Waals surface area contributed by atoms with Gasteiger partial charge < -0.3 is 19.9 Å². The third kappa shape index (κ3) is 6.20. The zero-order valence-corrected chi connectivity index (χ0v) is 20.9. The molecule has 2 N–H and O–H groups in total. The summed E-state index contributed by atoms with van der Waals surface area (Å²) in [5.41, 5.74) is 3.73. The quantitative estimate of drug-likeness (QED) is 0.336. The number of thioether (sulfide) groups is 1. The van der Waals surface area contributed by atoms with E-state index in [0.717, 1.165) is 16.7 Å². The average molecular weight is 519 g/mol. The van der Waals surface area contributed by atoms with E-state index in [1.54, 1.807) is 30.1 Å². The van der Waals surface area contributed by atoms with Crippen molar-refractivity contribution in [2.24, 2.45) is 7.05 Å². The summed E-state index contributed by atoms with van der Waals surface area (Å²) in [5.74, 6) is 0.389. The first-order valence-corrected chi connectivity index (χ1v) is 12.7. The largest absolute Gasteiger partial charge is 0.392 e. The predicted molar refractivity (Wildman–Crippen MR) is 137 cm³/mol. The number of carbonyl (C=O) groups is 1. The summed E-state index contributed by atoms with van der Waals surface area (Å²) in [7, 11) is 1.80. The van der Waals surface area contributed by atoms with Gasteiger partial charge in [0.05, 0.1) is 24.4 Å². The van der Waals surface area contributed by atoms with Crippen molar-refractivity contribution in [1.82, 2.24) is 25.2 Å². The molecule has 10 nitrogen and oxygen atoms in total. The molecule has 2 aromatic heterocycles. The Bertz CT molecular complexity index is 1330. The molecule has 11 heteroatoms. The minimum absolute atomic E-state index is 0.0138. The molecule has 3 unspecified atom stereocenters. The highest BCUT2D eigenvalue weighted by Gasteiger charge is 2.32. The fourth-order valence-electron chi connectivity index (χ4n) is 4.00. The second kappa shape index (κ2) is 11.6. The van der Waals surface area contributed by atoms with Crippen LogP contribution in [0.15, 0.2) is 78.2 Å². The lowest BCUT2D eigenvalue weighted by atomic mass is 10.0. The summed E-state index contributed by atoms with van der Waals surface area (Å²) in [6, 6.07) is 18.6. The molecule has 37 heavy (non-hydrogen) atoms. The van der Waals surface area contributed by atoms with Crippen LogP contribution >= 0.6 is 11.8 Å². The normalized spacial score (nSPS) is 19.5. The fourth-order valence-corrected chi connectivity index (χ4v) is 4.86. The van der Waals surface area contributed by atoms with Gasteiger partial charge in [0.25, 0.3) is 5.91 Å². The number of nitrogens with one attached hydrogen (secondary N) is 1. The number of aliphatic hydroxyl groups is 1. The lowest BCUT2D eigenvalue weighted by Gasteiger charge is -2.36. The first-order chi connectivity index (χ1) is 18.1. The molecule has 190 valence electrons. The van der Waals surface area contributed by atoms with Crippen molar-refractivity contribution in [2.45, 2.75) is 36.7 Å². The van der Waals surface area contributed by atoms with Gasteiger partial charge in [-0.1, -0.05) is 48.2 Å². The fraction of sp³-hybridized carbons (Fsp3) is 0.269. The molecule has 0 aliphatic carbocycles. The van der Waals surface area contributed by atoms with Crippen LogP contribution in [0.5, 0.6) is 0 Å². The molecule has 1 amide bonds. The predicted octanol–water partition coefficient (Wildman–Crippen LogP) is 3.69. The van der Waals surface area contributed by atoms with E-state index >= 15 is 0 Å². The van der Waals surface area contributed by atoms with Gasteiger partial charge in [0.15, 0.2) is 6.29 Å². The van der Waals surface area contributed by atoms with E-state index in [1.165, 1.54) is 18.0 Å². The third-order valence-electron chi connectivity index (χ3n) is 5.93. The van der Waals surface area contributed by atoms with Crippen LogP contribution in [-0.4, -0.2) is 48.1 Å². The van der Waals surface area contributed by atoms with Crippen molar-refractivity contribution in [2.75, 3.05) is 11.1 Å². The minimum atomic E-state index is -0.644. The van der Waals surface area contributed by atoms with E-state index in [4.69, 9.17) is 9.47 Å². The highest BCUT2D eigenvalue weighted by Crippen LogP contribution is 2.39. The van der Waals surface area contributed by atoms with Gasteiger partial charge in [0.1, 0.15) is 0 Å². The maximum Gasteiger partial charge on any atom is 0.257 e. The maximum absolute atomic E-state index is 12.6. The molecule has 2 aromatic carbocycles. The third-order valence-corrected chi connectivity index (χ3v) is 7.08. The number of ether oxygens (including phenoxy) is 2. The van der Waals surface area contributed by atoms with Gasteiger partial charge in [0, 0.05) is 42.9 Å². The van der Waals surface area contributed by atoms with Gasteiger partial charge in [-0.2, -0.15) is 0 Å². The average Bonchev–Trinajstić information content (AvgIpc) is 3.37. The van der Waals surface area contributed by atoms with Crippen LogP contribution in [0, 0.1) is 0 Å². The van der Waals surface area contributed by atoms with E-state index in [-0.39, 0.29) is 24.7 Å². The first kappa shape index (κ1) is 25.0. The van der Waals surface area contributed by atoms with Crippen molar-refractivity contribution < 1.29 is 19.4 Å². The Morgan fingerprint density at radius 2 is 2.00 bits per heavy atom. The highest BCUT2D eigenvalue weighted by molar-refractivity contribution is 7.99. The number of rotatable bonds is 8. The Kier molecular flexibility index (Phi) is 7.85. The summed E-state index contributed by atoms with van der Waals surface area (Å²) in [5, 5.41) is 24.7. The summed E-state index contributed by atoms with van der Waals surface area (Å²) >= 11 is 1.52. The lowest BCUT2D eigenvalue weighted by Crippen LogP contribution is -2.31. The molecule has 1 aliphatic heterocycles. The number of carbonyl (C=O) groups excluding carboxylic acids is 1. The highest BCUT2D eigenvalue weighted by atomic mass is 32.2. The number of nitrogens with zero attached hydrogens (tertiary/aromatic N) is 5. The molecule has 3 heterocycles. The second-order valence-electron chi connectivity index (χ2n) is 8.57. The summed E-state index contributed by atoms with van der Waals surface area (Å²) in [6.45, 7) is -0.0138. The van der Waals surface area contributed by atoms with Crippen molar-refractivity contribution >= 4 is 23.4 Å².